The molecule has 2 atom stereocenters. The number of fused-ring (bicyclic) bond motifs is 2. The van der Waals surface area contributed by atoms with Gasteiger partial charge in [-0.2, -0.15) is 0 Å². The van der Waals surface area contributed by atoms with Crippen LogP contribution in [0, 0.1) is 0 Å². The number of piperidine rings is 1. The van der Waals surface area contributed by atoms with Crippen molar-refractivity contribution in [2.75, 3.05) is 0 Å². The molecule has 0 aliphatic carbocycles. The Hall–Kier alpha value is -0.830. The average Bonchev–Trinajstić information content (AvgIpc) is 2.55. The van der Waals surface area contributed by atoms with Gasteiger partial charge in [0.15, 0.2) is 0 Å². The molecule has 84 valence electrons. The number of carbonyl (C=O) groups excluding carboxylic acids is 1. The first-order chi connectivity index (χ1) is 7.28. The largest absolute Gasteiger partial charge is 0.353 e. The lowest BCUT2D eigenvalue weighted by Crippen LogP contribution is -2.47. The van der Waals surface area contributed by atoms with E-state index >= 15 is 0 Å². The van der Waals surface area contributed by atoms with E-state index in [1.165, 1.54) is 12.8 Å². The van der Waals surface area contributed by atoms with Crippen molar-refractivity contribution in [2.45, 2.75) is 56.7 Å². The van der Waals surface area contributed by atoms with Gasteiger partial charge in [-0.05, 0) is 32.1 Å². The van der Waals surface area contributed by atoms with Gasteiger partial charge in [-0.15, -0.1) is 6.58 Å². The normalized spacial score (nSPS) is 33.7. The monoisotopic (exact) mass is 208 g/mol. The molecule has 2 saturated heterocycles. The van der Waals surface area contributed by atoms with E-state index in [0.717, 1.165) is 19.3 Å². The van der Waals surface area contributed by atoms with E-state index in [-0.39, 0.29) is 5.91 Å². The van der Waals surface area contributed by atoms with E-state index in [1.807, 2.05) is 0 Å². The van der Waals surface area contributed by atoms with Crippen LogP contribution in [0.1, 0.15) is 38.5 Å². The summed E-state index contributed by atoms with van der Waals surface area (Å²) in [5, 5.41) is 6.70. The summed E-state index contributed by atoms with van der Waals surface area (Å²) >= 11 is 0. The Morgan fingerprint density at radius 1 is 1.40 bits per heavy atom. The number of amides is 1. The van der Waals surface area contributed by atoms with Gasteiger partial charge in [0.1, 0.15) is 0 Å². The summed E-state index contributed by atoms with van der Waals surface area (Å²) in [4.78, 5) is 11.5. The van der Waals surface area contributed by atoms with E-state index in [9.17, 15) is 4.79 Å². The van der Waals surface area contributed by atoms with E-state index in [0.29, 0.717) is 24.5 Å². The van der Waals surface area contributed by atoms with Gasteiger partial charge in [0, 0.05) is 24.5 Å². The van der Waals surface area contributed by atoms with Gasteiger partial charge in [-0.1, -0.05) is 6.08 Å². The third-order valence-corrected chi connectivity index (χ3v) is 3.41. The lowest BCUT2D eigenvalue weighted by atomic mass is 9.99. The molecule has 0 saturated carbocycles. The Kier molecular flexibility index (Phi) is 3.41. The van der Waals surface area contributed by atoms with Gasteiger partial charge in [-0.3, -0.25) is 4.79 Å². The minimum absolute atomic E-state index is 0.182. The SMILES string of the molecule is C=CCCC(=O)NC1CC2CCC(C1)N2. The van der Waals surface area contributed by atoms with Crippen molar-refractivity contribution in [1.82, 2.24) is 10.6 Å². The van der Waals surface area contributed by atoms with Gasteiger partial charge in [0.2, 0.25) is 5.91 Å². The molecule has 2 bridgehead atoms. The molecular weight excluding hydrogens is 188 g/mol. The van der Waals surface area contributed by atoms with Crippen molar-refractivity contribution in [3.63, 3.8) is 0 Å². The second-order valence-electron chi connectivity index (χ2n) is 4.70. The van der Waals surface area contributed by atoms with Crippen LogP contribution in [0.5, 0.6) is 0 Å². The summed E-state index contributed by atoms with van der Waals surface area (Å²) in [6.07, 6.45) is 7.94. The maximum atomic E-state index is 11.5. The number of hydrogen-bond acceptors (Lipinski definition) is 2. The van der Waals surface area contributed by atoms with E-state index in [1.54, 1.807) is 6.08 Å². The van der Waals surface area contributed by atoms with Crippen LogP contribution in [0.2, 0.25) is 0 Å². The predicted octanol–water partition coefficient (Wildman–Crippen LogP) is 1.35. The zero-order valence-electron chi connectivity index (χ0n) is 9.17. The van der Waals surface area contributed by atoms with E-state index < -0.39 is 0 Å². The van der Waals surface area contributed by atoms with Crippen molar-refractivity contribution < 1.29 is 4.79 Å². The highest BCUT2D eigenvalue weighted by Crippen LogP contribution is 2.26. The number of allylic oxidation sites excluding steroid dienone is 1. The van der Waals surface area contributed by atoms with Crippen molar-refractivity contribution >= 4 is 5.91 Å². The molecule has 2 heterocycles. The van der Waals surface area contributed by atoms with Gasteiger partial charge < -0.3 is 10.6 Å². The molecule has 2 N–H and O–H groups in total. The molecular formula is C12H20N2O. The first kappa shape index (κ1) is 10.7. The second kappa shape index (κ2) is 4.79. The molecule has 2 aliphatic heterocycles. The van der Waals surface area contributed by atoms with Crippen molar-refractivity contribution in [2.24, 2.45) is 0 Å². The van der Waals surface area contributed by atoms with Crippen molar-refractivity contribution in [3.05, 3.63) is 12.7 Å². The van der Waals surface area contributed by atoms with Crippen LogP contribution in [-0.4, -0.2) is 24.0 Å². The second-order valence-corrected chi connectivity index (χ2v) is 4.70. The summed E-state index contributed by atoms with van der Waals surface area (Å²) in [6, 6.07) is 1.70. The molecule has 15 heavy (non-hydrogen) atoms. The van der Waals surface area contributed by atoms with Crippen molar-refractivity contribution in [3.8, 4) is 0 Å². The molecule has 2 aliphatic rings. The van der Waals surface area contributed by atoms with E-state index in [4.69, 9.17) is 0 Å². The third-order valence-electron chi connectivity index (χ3n) is 3.41. The molecule has 0 spiro atoms. The maximum absolute atomic E-state index is 11.5. The quantitative estimate of drug-likeness (QED) is 0.685. The highest BCUT2D eigenvalue weighted by molar-refractivity contribution is 5.76. The van der Waals surface area contributed by atoms with E-state index in [2.05, 4.69) is 17.2 Å². The fourth-order valence-electron chi connectivity index (χ4n) is 2.71. The molecule has 2 rings (SSSR count). The molecule has 0 aromatic heterocycles. The molecule has 0 aromatic carbocycles. The summed E-state index contributed by atoms with van der Waals surface area (Å²) in [5.74, 6) is 0.182. The Morgan fingerprint density at radius 3 is 2.67 bits per heavy atom. The molecule has 1 amide bonds. The van der Waals surface area contributed by atoms with Gasteiger partial charge in [0.25, 0.3) is 0 Å². The van der Waals surface area contributed by atoms with Crippen LogP contribution in [0.15, 0.2) is 12.7 Å². The summed E-state index contributed by atoms with van der Waals surface area (Å²) < 4.78 is 0. The zero-order chi connectivity index (χ0) is 10.7. The lowest BCUT2D eigenvalue weighted by molar-refractivity contribution is -0.121. The summed E-state index contributed by atoms with van der Waals surface area (Å²) in [5.41, 5.74) is 0. The minimum Gasteiger partial charge on any atom is -0.353 e. The maximum Gasteiger partial charge on any atom is 0.220 e. The highest BCUT2D eigenvalue weighted by atomic mass is 16.1. The Labute approximate surface area is 91.3 Å². The Balaban J connectivity index is 1.75. The van der Waals surface area contributed by atoms with Crippen molar-refractivity contribution in [1.29, 1.82) is 0 Å². The first-order valence-corrected chi connectivity index (χ1v) is 5.94. The smallest absolute Gasteiger partial charge is 0.220 e. The van der Waals surface area contributed by atoms with Gasteiger partial charge in [-0.25, -0.2) is 0 Å². The molecule has 0 radical (unpaired) electrons. The Morgan fingerprint density at radius 2 is 2.07 bits per heavy atom. The Bertz CT molecular complexity index is 240. The fourth-order valence-corrected chi connectivity index (χ4v) is 2.71. The lowest BCUT2D eigenvalue weighted by Gasteiger charge is -2.29. The van der Waals surface area contributed by atoms with Gasteiger partial charge >= 0.3 is 0 Å². The number of hydrogen-bond donors (Lipinski definition) is 2. The standard InChI is InChI=1S/C12H20N2O/c1-2-3-4-12(15)14-11-7-9-5-6-10(8-11)13-9/h2,9-11,13H,1,3-8H2,(H,14,15). The van der Waals surface area contributed by atoms with Crippen LogP contribution < -0.4 is 10.6 Å². The predicted molar refractivity (Wildman–Crippen MR) is 60.5 cm³/mol. The fraction of sp³-hybridized carbons (Fsp3) is 0.750. The zero-order valence-corrected chi connectivity index (χ0v) is 9.17. The molecule has 2 unspecified atom stereocenters. The third kappa shape index (κ3) is 2.81. The summed E-state index contributed by atoms with van der Waals surface area (Å²) in [6.45, 7) is 3.62. The highest BCUT2D eigenvalue weighted by Gasteiger charge is 2.33. The topological polar surface area (TPSA) is 41.1 Å². The number of rotatable bonds is 4. The number of carbonyl (C=O) groups is 1. The molecule has 0 aromatic rings. The van der Waals surface area contributed by atoms with Crippen LogP contribution >= 0.6 is 0 Å². The molecule has 3 heteroatoms. The average molecular weight is 208 g/mol. The minimum atomic E-state index is 0.182. The van der Waals surface area contributed by atoms with Crippen LogP contribution in [-0.2, 0) is 4.79 Å². The number of nitrogens with one attached hydrogen (secondary N) is 2. The molecule has 2 fully saturated rings. The van der Waals surface area contributed by atoms with Crippen LogP contribution in [0.4, 0.5) is 0 Å². The first-order valence-electron chi connectivity index (χ1n) is 5.94. The summed E-state index contributed by atoms with van der Waals surface area (Å²) in [7, 11) is 0. The van der Waals surface area contributed by atoms with Crippen LogP contribution in [0.3, 0.4) is 0 Å². The van der Waals surface area contributed by atoms with Crippen LogP contribution in [0.25, 0.3) is 0 Å². The van der Waals surface area contributed by atoms with Gasteiger partial charge in [0.05, 0.1) is 0 Å². The molecule has 3 nitrogen and oxygen atoms in total.